The van der Waals surface area contributed by atoms with Gasteiger partial charge in [-0.3, -0.25) is 0 Å². The highest BCUT2D eigenvalue weighted by atomic mass is 35.7. The summed E-state index contributed by atoms with van der Waals surface area (Å²) in [5.41, 5.74) is 4.30. The van der Waals surface area contributed by atoms with Gasteiger partial charge >= 0.3 is 0 Å². The molecule has 1 unspecified atom stereocenters. The molecule has 0 radical (unpaired) electrons. The molecule has 0 N–H and O–H groups in total. The van der Waals surface area contributed by atoms with Gasteiger partial charge in [0.1, 0.15) is 0 Å². The number of likely N-dealkylation sites (N-methyl/N-ethyl adjacent to an activating group) is 1. The van der Waals surface area contributed by atoms with Crippen molar-refractivity contribution in [3.05, 3.63) is 63.7 Å². The SMILES string of the molecule is Cc1cc(Cl)c2c(c1)C(c1cccc(S(=O)(=O)Cl)c1)CN(C)C2. The van der Waals surface area contributed by atoms with E-state index < -0.39 is 9.05 Å². The van der Waals surface area contributed by atoms with Crippen molar-refractivity contribution in [2.24, 2.45) is 0 Å². The van der Waals surface area contributed by atoms with Crippen LogP contribution in [0, 0.1) is 6.92 Å². The van der Waals surface area contributed by atoms with Crippen LogP contribution >= 0.6 is 22.3 Å². The zero-order chi connectivity index (χ0) is 16.8. The van der Waals surface area contributed by atoms with Crippen LogP contribution in [0.5, 0.6) is 0 Å². The van der Waals surface area contributed by atoms with E-state index in [4.69, 9.17) is 22.3 Å². The van der Waals surface area contributed by atoms with E-state index in [1.807, 2.05) is 26.1 Å². The molecule has 122 valence electrons. The molecule has 1 atom stereocenters. The lowest BCUT2D eigenvalue weighted by molar-refractivity contribution is 0.295. The van der Waals surface area contributed by atoms with E-state index in [0.29, 0.717) is 0 Å². The zero-order valence-corrected chi connectivity index (χ0v) is 15.2. The lowest BCUT2D eigenvalue weighted by Crippen LogP contribution is -2.31. The largest absolute Gasteiger partial charge is 0.301 e. The van der Waals surface area contributed by atoms with Gasteiger partial charge in [0, 0.05) is 34.7 Å². The Hall–Kier alpha value is -1.07. The summed E-state index contributed by atoms with van der Waals surface area (Å²) in [7, 11) is 3.79. The number of nitrogens with zero attached hydrogens (tertiary/aromatic N) is 1. The molecule has 0 aromatic heterocycles. The third kappa shape index (κ3) is 3.41. The Morgan fingerprint density at radius 2 is 1.96 bits per heavy atom. The van der Waals surface area contributed by atoms with Crippen molar-refractivity contribution in [2.45, 2.75) is 24.3 Å². The van der Waals surface area contributed by atoms with Crippen molar-refractivity contribution < 1.29 is 8.42 Å². The molecular formula is C17H17Cl2NO2S. The zero-order valence-electron chi connectivity index (χ0n) is 12.9. The Morgan fingerprint density at radius 1 is 1.22 bits per heavy atom. The Kier molecular flexibility index (Phi) is 4.45. The number of hydrogen-bond acceptors (Lipinski definition) is 3. The van der Waals surface area contributed by atoms with Crippen molar-refractivity contribution in [3.63, 3.8) is 0 Å². The minimum absolute atomic E-state index is 0.0690. The van der Waals surface area contributed by atoms with E-state index in [-0.39, 0.29) is 10.8 Å². The van der Waals surface area contributed by atoms with Crippen molar-refractivity contribution in [2.75, 3.05) is 13.6 Å². The van der Waals surface area contributed by atoms with E-state index in [0.717, 1.165) is 40.4 Å². The number of benzene rings is 2. The van der Waals surface area contributed by atoms with Gasteiger partial charge in [-0.2, -0.15) is 0 Å². The molecular weight excluding hydrogens is 353 g/mol. The maximum absolute atomic E-state index is 11.6. The summed E-state index contributed by atoms with van der Waals surface area (Å²) in [6, 6.07) is 11.0. The third-order valence-corrected chi connectivity index (χ3v) is 5.90. The van der Waals surface area contributed by atoms with Gasteiger partial charge in [0.05, 0.1) is 4.90 Å². The molecule has 0 amide bonds. The van der Waals surface area contributed by atoms with Gasteiger partial charge in [-0.15, -0.1) is 0 Å². The van der Waals surface area contributed by atoms with Crippen molar-refractivity contribution in [1.82, 2.24) is 4.90 Å². The van der Waals surface area contributed by atoms with Gasteiger partial charge in [0.25, 0.3) is 9.05 Å². The summed E-state index contributed by atoms with van der Waals surface area (Å²) in [5.74, 6) is 0.0690. The molecule has 3 nitrogen and oxygen atoms in total. The van der Waals surface area contributed by atoms with Crippen LogP contribution in [0.4, 0.5) is 0 Å². The first-order valence-corrected chi connectivity index (χ1v) is 9.96. The fourth-order valence-corrected chi connectivity index (χ4v) is 4.34. The second kappa shape index (κ2) is 6.10. The Balaban J connectivity index is 2.15. The molecule has 2 aromatic rings. The van der Waals surface area contributed by atoms with Crippen molar-refractivity contribution in [1.29, 1.82) is 0 Å². The summed E-state index contributed by atoms with van der Waals surface area (Å²) >= 11 is 6.43. The molecule has 0 aliphatic carbocycles. The lowest BCUT2D eigenvalue weighted by atomic mass is 9.84. The maximum atomic E-state index is 11.6. The van der Waals surface area contributed by atoms with E-state index >= 15 is 0 Å². The molecule has 0 bridgehead atoms. The molecule has 0 fully saturated rings. The number of fused-ring (bicyclic) bond motifs is 1. The number of halogens is 2. The minimum Gasteiger partial charge on any atom is -0.301 e. The number of rotatable bonds is 2. The van der Waals surface area contributed by atoms with Crippen LogP contribution in [-0.2, 0) is 15.6 Å². The first-order chi connectivity index (χ1) is 10.8. The topological polar surface area (TPSA) is 37.4 Å². The first kappa shape index (κ1) is 16.8. The van der Waals surface area contributed by atoms with Crippen LogP contribution in [-0.4, -0.2) is 26.9 Å². The summed E-state index contributed by atoms with van der Waals surface area (Å²) < 4.78 is 23.2. The average Bonchev–Trinajstić information content (AvgIpc) is 2.47. The van der Waals surface area contributed by atoms with E-state index in [2.05, 4.69) is 11.0 Å². The fraction of sp³-hybridized carbons (Fsp3) is 0.294. The van der Waals surface area contributed by atoms with Gasteiger partial charge in [0.15, 0.2) is 0 Å². The van der Waals surface area contributed by atoms with E-state index in [9.17, 15) is 8.42 Å². The molecule has 0 spiro atoms. The smallest absolute Gasteiger partial charge is 0.261 e. The van der Waals surface area contributed by atoms with Gasteiger partial charge in [0.2, 0.25) is 0 Å². The van der Waals surface area contributed by atoms with Gasteiger partial charge < -0.3 is 4.90 Å². The Labute approximate surface area is 146 Å². The molecule has 6 heteroatoms. The molecule has 2 aromatic carbocycles. The molecule has 23 heavy (non-hydrogen) atoms. The molecule has 1 aliphatic rings. The van der Waals surface area contributed by atoms with Crippen molar-refractivity contribution in [3.8, 4) is 0 Å². The normalized spacial score (nSPS) is 18.7. The van der Waals surface area contributed by atoms with Gasteiger partial charge in [-0.05, 0) is 54.4 Å². The quantitative estimate of drug-likeness (QED) is 0.746. The number of hydrogen-bond donors (Lipinski definition) is 0. The lowest BCUT2D eigenvalue weighted by Gasteiger charge is -2.33. The maximum Gasteiger partial charge on any atom is 0.261 e. The van der Waals surface area contributed by atoms with E-state index in [1.54, 1.807) is 12.1 Å². The van der Waals surface area contributed by atoms with Crippen LogP contribution in [0.1, 0.15) is 28.2 Å². The summed E-state index contributed by atoms with van der Waals surface area (Å²) in [4.78, 5) is 2.32. The molecule has 0 saturated carbocycles. The molecule has 3 rings (SSSR count). The summed E-state index contributed by atoms with van der Waals surface area (Å²) in [6.45, 7) is 3.61. The second-order valence-electron chi connectivity index (χ2n) is 6.07. The summed E-state index contributed by atoms with van der Waals surface area (Å²) in [5, 5.41) is 0.762. The predicted octanol–water partition coefficient (Wildman–Crippen LogP) is 4.15. The third-order valence-electron chi connectivity index (χ3n) is 4.21. The van der Waals surface area contributed by atoms with Crippen LogP contribution in [0.3, 0.4) is 0 Å². The molecule has 1 heterocycles. The van der Waals surface area contributed by atoms with E-state index in [1.165, 1.54) is 6.07 Å². The monoisotopic (exact) mass is 369 g/mol. The van der Waals surface area contributed by atoms with Gasteiger partial charge in [-0.25, -0.2) is 8.42 Å². The number of aryl methyl sites for hydroxylation is 1. The average molecular weight is 370 g/mol. The molecule has 1 aliphatic heterocycles. The predicted molar refractivity (Wildman–Crippen MR) is 93.8 cm³/mol. The van der Waals surface area contributed by atoms with Crippen LogP contribution in [0.2, 0.25) is 5.02 Å². The Bertz CT molecular complexity index is 865. The highest BCUT2D eigenvalue weighted by Crippen LogP contribution is 2.37. The van der Waals surface area contributed by atoms with Crippen LogP contribution in [0.15, 0.2) is 41.3 Å². The second-order valence-corrected chi connectivity index (χ2v) is 9.05. The van der Waals surface area contributed by atoms with Gasteiger partial charge in [-0.1, -0.05) is 29.8 Å². The van der Waals surface area contributed by atoms with Crippen LogP contribution in [0.25, 0.3) is 0 Å². The highest BCUT2D eigenvalue weighted by Gasteiger charge is 2.27. The van der Waals surface area contributed by atoms with Crippen LogP contribution < -0.4 is 0 Å². The highest BCUT2D eigenvalue weighted by molar-refractivity contribution is 8.13. The standard InChI is InChI=1S/C17H17Cl2NO2S/c1-11-6-14-15(9-20(2)10-16(14)17(18)7-11)12-4-3-5-13(8-12)23(19,21)22/h3-8,15H,9-10H2,1-2H3. The Morgan fingerprint density at radius 3 is 2.65 bits per heavy atom. The fourth-order valence-electron chi connectivity index (χ4n) is 3.19. The summed E-state index contributed by atoms with van der Waals surface area (Å²) in [6.07, 6.45) is 0. The first-order valence-electron chi connectivity index (χ1n) is 7.28. The van der Waals surface area contributed by atoms with Crippen molar-refractivity contribution >= 4 is 31.3 Å². The minimum atomic E-state index is -3.74. The molecule has 0 saturated heterocycles.